The molecular weight excluding hydrogens is 434 g/mol. The van der Waals surface area contributed by atoms with E-state index in [1.165, 1.54) is 0 Å². The molecule has 0 aliphatic heterocycles. The zero-order chi connectivity index (χ0) is 25.3. The van der Waals surface area contributed by atoms with Crippen molar-refractivity contribution in [1.29, 1.82) is 0 Å². The normalized spacial score (nSPS) is 11.5. The first kappa shape index (κ1) is 27.0. The largest absolute Gasteiger partial charge is 0.496 e. The minimum Gasteiger partial charge on any atom is -0.496 e. The van der Waals surface area contributed by atoms with Gasteiger partial charge in [0.25, 0.3) is 0 Å². The number of carbonyl (C=O) groups is 2. The fourth-order valence-electron chi connectivity index (χ4n) is 3.69. The van der Waals surface area contributed by atoms with Crippen molar-refractivity contribution in [2.75, 3.05) is 38.3 Å². The molecule has 7 heteroatoms. The highest BCUT2D eigenvalue weighted by Gasteiger charge is 2.21. The van der Waals surface area contributed by atoms with Gasteiger partial charge in [-0.25, -0.2) is 0 Å². The van der Waals surface area contributed by atoms with Crippen molar-refractivity contribution in [1.82, 2.24) is 0 Å². The molecule has 186 valence electrons. The first-order chi connectivity index (χ1) is 16.2. The Labute approximate surface area is 202 Å². The molecule has 1 atom stereocenters. The van der Waals surface area contributed by atoms with Crippen LogP contribution in [0.3, 0.4) is 0 Å². The van der Waals surface area contributed by atoms with Gasteiger partial charge >= 0.3 is 11.9 Å². The molecule has 2 aromatic carbocycles. The van der Waals surface area contributed by atoms with Crippen molar-refractivity contribution in [2.45, 2.75) is 53.9 Å². The molecule has 0 radical (unpaired) electrons. The Morgan fingerprint density at radius 2 is 1.47 bits per heavy atom. The van der Waals surface area contributed by atoms with E-state index in [0.29, 0.717) is 11.7 Å². The Morgan fingerprint density at radius 1 is 0.882 bits per heavy atom. The number of benzene rings is 2. The van der Waals surface area contributed by atoms with Crippen LogP contribution in [0.25, 0.3) is 0 Å². The summed E-state index contributed by atoms with van der Waals surface area (Å²) in [6.07, 6.45) is 0.989. The van der Waals surface area contributed by atoms with Crippen molar-refractivity contribution < 1.29 is 28.5 Å². The van der Waals surface area contributed by atoms with Crippen LogP contribution in [0.5, 0.6) is 17.2 Å². The molecule has 0 saturated heterocycles. The molecule has 0 saturated carbocycles. The van der Waals surface area contributed by atoms with Crippen molar-refractivity contribution >= 4 is 17.6 Å². The topological polar surface area (TPSA) is 74.3 Å². The highest BCUT2D eigenvalue weighted by Crippen LogP contribution is 2.36. The number of rotatable bonds is 12. The molecule has 7 nitrogen and oxygen atoms in total. The van der Waals surface area contributed by atoms with Crippen LogP contribution >= 0.6 is 0 Å². The summed E-state index contributed by atoms with van der Waals surface area (Å²) in [7, 11) is 1.67. The van der Waals surface area contributed by atoms with Crippen LogP contribution in [0.1, 0.15) is 56.7 Å². The number of anilines is 1. The lowest BCUT2D eigenvalue weighted by Crippen LogP contribution is -2.36. The first-order valence-electron chi connectivity index (χ1n) is 11.8. The Bertz CT molecular complexity index is 967. The third kappa shape index (κ3) is 6.89. The molecule has 0 spiro atoms. The minimum absolute atomic E-state index is 0.0517. The molecule has 0 amide bonds. The molecule has 0 N–H and O–H groups in total. The molecule has 2 aromatic rings. The number of nitrogens with zero attached hydrogens (tertiary/aromatic N) is 1. The smallest absolute Gasteiger partial charge is 0.325 e. The first-order valence-corrected chi connectivity index (χ1v) is 11.8. The lowest BCUT2D eigenvalue weighted by molar-refractivity contribution is -0.142. The quantitative estimate of drug-likeness (QED) is 0.376. The Morgan fingerprint density at radius 3 is 2.00 bits per heavy atom. The maximum absolute atomic E-state index is 12.2. The van der Waals surface area contributed by atoms with E-state index in [1.54, 1.807) is 25.9 Å². The van der Waals surface area contributed by atoms with Crippen LogP contribution in [0.15, 0.2) is 30.3 Å². The summed E-state index contributed by atoms with van der Waals surface area (Å²) in [5.74, 6) is 1.80. The monoisotopic (exact) mass is 471 g/mol. The van der Waals surface area contributed by atoms with Gasteiger partial charge in [0.1, 0.15) is 30.3 Å². The van der Waals surface area contributed by atoms with Gasteiger partial charge in [0.05, 0.1) is 20.3 Å². The zero-order valence-corrected chi connectivity index (χ0v) is 21.4. The standard InChI is InChI=1S/C27H37NO6/c1-8-18(4)22-15-21(11-13-25(22)31-7)34-24-14-12-23(19(5)20(24)6)28(16-26(29)32-9-2)17-27(30)33-10-3/h11-15,18H,8-10,16-17H2,1-7H3. The van der Waals surface area contributed by atoms with Crippen LogP contribution in [-0.2, 0) is 19.1 Å². The molecule has 0 heterocycles. The SMILES string of the molecule is CCOC(=O)CN(CC(=O)OCC)c1ccc(Oc2ccc(OC)c(C(C)CC)c2)c(C)c1C. The Kier molecular flexibility index (Phi) is 10.2. The van der Waals surface area contributed by atoms with Crippen LogP contribution in [0.4, 0.5) is 5.69 Å². The van der Waals surface area contributed by atoms with E-state index >= 15 is 0 Å². The molecule has 0 fully saturated rings. The number of esters is 2. The second kappa shape index (κ2) is 12.9. The summed E-state index contributed by atoms with van der Waals surface area (Å²) in [5, 5.41) is 0. The molecular formula is C27H37NO6. The van der Waals surface area contributed by atoms with Crippen molar-refractivity contribution in [3.63, 3.8) is 0 Å². The highest BCUT2D eigenvalue weighted by molar-refractivity contribution is 5.82. The maximum Gasteiger partial charge on any atom is 0.325 e. The van der Waals surface area contributed by atoms with Crippen LogP contribution in [0.2, 0.25) is 0 Å². The van der Waals surface area contributed by atoms with Gasteiger partial charge in [-0.05, 0) is 81.5 Å². The number of methoxy groups -OCH3 is 1. The van der Waals surface area contributed by atoms with Gasteiger partial charge in [0.2, 0.25) is 0 Å². The van der Waals surface area contributed by atoms with Crippen LogP contribution in [-0.4, -0.2) is 45.4 Å². The average molecular weight is 472 g/mol. The van der Waals surface area contributed by atoms with E-state index in [4.69, 9.17) is 18.9 Å². The van der Waals surface area contributed by atoms with Gasteiger partial charge < -0.3 is 23.8 Å². The number of hydrogen-bond acceptors (Lipinski definition) is 7. The van der Waals surface area contributed by atoms with Crippen molar-refractivity contribution in [3.05, 3.63) is 47.0 Å². The molecule has 0 bridgehead atoms. The van der Waals surface area contributed by atoms with Gasteiger partial charge in [-0.2, -0.15) is 0 Å². The van der Waals surface area contributed by atoms with E-state index in [2.05, 4.69) is 13.8 Å². The van der Waals surface area contributed by atoms with E-state index in [9.17, 15) is 9.59 Å². The highest BCUT2D eigenvalue weighted by atomic mass is 16.5. The van der Waals surface area contributed by atoms with Crippen molar-refractivity contribution in [2.24, 2.45) is 0 Å². The third-order valence-electron chi connectivity index (χ3n) is 5.87. The van der Waals surface area contributed by atoms with E-state index < -0.39 is 11.9 Å². The summed E-state index contributed by atoms with van der Waals surface area (Å²) in [4.78, 5) is 26.0. The second-order valence-electron chi connectivity index (χ2n) is 8.11. The third-order valence-corrected chi connectivity index (χ3v) is 5.87. The molecule has 0 aliphatic carbocycles. The number of ether oxygens (including phenoxy) is 4. The van der Waals surface area contributed by atoms with Crippen molar-refractivity contribution in [3.8, 4) is 17.2 Å². The number of hydrogen-bond donors (Lipinski definition) is 0. The summed E-state index contributed by atoms with van der Waals surface area (Å²) in [6.45, 7) is 12.2. The average Bonchev–Trinajstić information content (AvgIpc) is 2.81. The summed E-state index contributed by atoms with van der Waals surface area (Å²) < 4.78 is 22.0. The summed E-state index contributed by atoms with van der Waals surface area (Å²) in [6, 6.07) is 9.54. The lowest BCUT2D eigenvalue weighted by atomic mass is 9.97. The van der Waals surface area contributed by atoms with E-state index in [-0.39, 0.29) is 26.3 Å². The molecule has 34 heavy (non-hydrogen) atoms. The van der Waals surface area contributed by atoms with E-state index in [1.807, 2.05) is 44.2 Å². The predicted molar refractivity (Wildman–Crippen MR) is 133 cm³/mol. The Balaban J connectivity index is 2.36. The molecule has 0 aliphatic rings. The van der Waals surface area contributed by atoms with Gasteiger partial charge in [0, 0.05) is 11.3 Å². The fraction of sp³-hybridized carbons (Fsp3) is 0.481. The van der Waals surface area contributed by atoms with Crippen LogP contribution < -0.4 is 14.4 Å². The zero-order valence-electron chi connectivity index (χ0n) is 21.4. The summed E-state index contributed by atoms with van der Waals surface area (Å²) >= 11 is 0. The van der Waals surface area contributed by atoms with Gasteiger partial charge in [-0.15, -0.1) is 0 Å². The Hall–Kier alpha value is -3.22. The van der Waals surface area contributed by atoms with Gasteiger partial charge in [-0.3, -0.25) is 9.59 Å². The van der Waals surface area contributed by atoms with Gasteiger partial charge in [-0.1, -0.05) is 13.8 Å². The second-order valence-corrected chi connectivity index (χ2v) is 8.11. The van der Waals surface area contributed by atoms with Crippen LogP contribution in [0, 0.1) is 13.8 Å². The molecule has 1 unspecified atom stereocenters. The molecule has 0 aromatic heterocycles. The minimum atomic E-state index is -0.403. The number of carbonyl (C=O) groups excluding carboxylic acids is 2. The molecule has 2 rings (SSSR count). The predicted octanol–water partition coefficient (Wildman–Crippen LogP) is 5.55. The van der Waals surface area contributed by atoms with Gasteiger partial charge in [0.15, 0.2) is 0 Å². The summed E-state index contributed by atoms with van der Waals surface area (Å²) in [5.41, 5.74) is 3.67. The fourth-order valence-corrected chi connectivity index (χ4v) is 3.69. The maximum atomic E-state index is 12.2. The van der Waals surface area contributed by atoms with E-state index in [0.717, 1.165) is 40.3 Å². The lowest BCUT2D eigenvalue weighted by Gasteiger charge is -2.26.